The van der Waals surface area contributed by atoms with E-state index in [-0.39, 0.29) is 44.4 Å². The predicted octanol–water partition coefficient (Wildman–Crippen LogP) is 3.17. The van der Waals surface area contributed by atoms with E-state index < -0.39 is 0 Å². The first-order chi connectivity index (χ1) is 22.9. The van der Waals surface area contributed by atoms with Crippen molar-refractivity contribution in [2.45, 2.75) is 38.7 Å². The van der Waals surface area contributed by atoms with Crippen molar-refractivity contribution in [1.29, 1.82) is 0 Å². The van der Waals surface area contributed by atoms with E-state index in [1.54, 1.807) is 17.0 Å². The van der Waals surface area contributed by atoms with Gasteiger partial charge in [-0.2, -0.15) is 0 Å². The Morgan fingerprint density at radius 2 is 1.45 bits per heavy atom. The van der Waals surface area contributed by atoms with E-state index in [2.05, 4.69) is 29.7 Å². The van der Waals surface area contributed by atoms with Crippen molar-refractivity contribution < 1.29 is 34.7 Å². The molecule has 0 saturated heterocycles. The number of nitrogens with one attached hydrogen (secondary N) is 2. The summed E-state index contributed by atoms with van der Waals surface area (Å²) in [6, 6.07) is 26.4. The summed E-state index contributed by atoms with van der Waals surface area (Å²) in [6.45, 7) is 3.76. The number of anilines is 1. The van der Waals surface area contributed by atoms with Crippen LogP contribution in [0.5, 0.6) is 11.5 Å². The third-order valence-corrected chi connectivity index (χ3v) is 8.42. The van der Waals surface area contributed by atoms with Crippen LogP contribution in [0.25, 0.3) is 11.1 Å². The number of amides is 1. The molecule has 47 heavy (non-hydrogen) atoms. The molecule has 0 fully saturated rings. The monoisotopic (exact) mass is 641 g/mol. The number of benzene rings is 4. The lowest BCUT2D eigenvalue weighted by molar-refractivity contribution is 0.0976. The number of aliphatic hydroxyl groups excluding tert-OH is 4. The number of hydrogen-bond acceptors (Lipinski definition) is 9. The Labute approximate surface area is 275 Å². The molecule has 0 atom stereocenters. The maximum absolute atomic E-state index is 13.5. The molecule has 0 bridgehead atoms. The third kappa shape index (κ3) is 8.55. The average molecular weight is 642 g/mol. The molecular formula is C37H43N3O7. The number of rotatable bonds is 15. The van der Waals surface area contributed by atoms with Crippen molar-refractivity contribution in [3.8, 4) is 22.6 Å². The number of carbonyl (C=O) groups excluding carboxylic acids is 1. The van der Waals surface area contributed by atoms with E-state index in [1.807, 2.05) is 60.7 Å². The molecule has 0 radical (unpaired) electrons. The maximum atomic E-state index is 13.5. The quantitative estimate of drug-likeness (QED) is 0.115. The Morgan fingerprint density at radius 1 is 0.830 bits per heavy atom. The zero-order chi connectivity index (χ0) is 33.2. The number of hydrogen-bond donors (Lipinski definition) is 6. The van der Waals surface area contributed by atoms with E-state index in [1.165, 1.54) is 0 Å². The molecule has 0 aromatic heterocycles. The lowest BCUT2D eigenvalue weighted by Crippen LogP contribution is -2.38. The van der Waals surface area contributed by atoms with Gasteiger partial charge in [-0.1, -0.05) is 48.5 Å². The summed E-state index contributed by atoms with van der Waals surface area (Å²) in [5.41, 5.74) is 7.45. The fourth-order valence-electron chi connectivity index (χ4n) is 5.43. The molecule has 1 heterocycles. The largest absolute Gasteiger partial charge is 0.490 e. The number of aliphatic hydroxyl groups is 4. The van der Waals surface area contributed by atoms with Crippen molar-refractivity contribution in [1.82, 2.24) is 10.6 Å². The Hall–Kier alpha value is -4.29. The summed E-state index contributed by atoms with van der Waals surface area (Å²) in [5.74, 6) is 1.29. The van der Waals surface area contributed by atoms with Crippen LogP contribution in [-0.2, 0) is 19.7 Å². The van der Waals surface area contributed by atoms with Gasteiger partial charge in [0, 0.05) is 18.7 Å². The first-order valence-electron chi connectivity index (χ1n) is 15.8. The highest BCUT2D eigenvalue weighted by Crippen LogP contribution is 2.38. The van der Waals surface area contributed by atoms with Crippen molar-refractivity contribution in [3.05, 3.63) is 113 Å². The lowest BCUT2D eigenvalue weighted by atomic mass is 9.96. The lowest BCUT2D eigenvalue weighted by Gasteiger charge is -2.30. The van der Waals surface area contributed by atoms with Gasteiger partial charge in [-0.3, -0.25) is 4.79 Å². The van der Waals surface area contributed by atoms with E-state index in [4.69, 9.17) is 9.47 Å². The second kappa shape index (κ2) is 16.5. The second-order valence-electron chi connectivity index (χ2n) is 11.6. The molecule has 10 heteroatoms. The van der Waals surface area contributed by atoms with Gasteiger partial charge in [-0.05, 0) is 76.7 Å². The number of carbonyl (C=O) groups is 1. The van der Waals surface area contributed by atoms with Gasteiger partial charge in [0.05, 0.1) is 50.7 Å². The van der Waals surface area contributed by atoms with Crippen molar-refractivity contribution in [2.24, 2.45) is 0 Å². The van der Waals surface area contributed by atoms with Crippen LogP contribution >= 0.6 is 0 Å². The van der Waals surface area contributed by atoms with Crippen LogP contribution in [0.4, 0.5) is 5.69 Å². The fourth-order valence-corrected chi connectivity index (χ4v) is 5.43. The van der Waals surface area contributed by atoms with Crippen LogP contribution in [0.15, 0.2) is 84.9 Å². The van der Waals surface area contributed by atoms with Gasteiger partial charge in [0.1, 0.15) is 24.7 Å². The molecule has 0 spiro atoms. The highest BCUT2D eigenvalue weighted by Gasteiger charge is 2.25. The highest BCUT2D eigenvalue weighted by molar-refractivity contribution is 6.07. The van der Waals surface area contributed by atoms with Crippen molar-refractivity contribution in [3.63, 3.8) is 0 Å². The first kappa shape index (κ1) is 34.1. The summed E-state index contributed by atoms with van der Waals surface area (Å²) in [5, 5.41) is 43.2. The van der Waals surface area contributed by atoms with E-state index >= 15 is 0 Å². The topological polar surface area (TPSA) is 144 Å². The van der Waals surface area contributed by atoms with Crippen LogP contribution in [0.2, 0.25) is 0 Å². The van der Waals surface area contributed by atoms with E-state index in [9.17, 15) is 25.2 Å². The SMILES string of the molecule is Cc1c(COc2ccc(CNC(CO)CO)cc2)cccc1-c1ccc2c(c1)OCCN2C(=O)c1ccc(CNC(CO)CO)cc1. The Balaban J connectivity index is 1.24. The minimum absolute atomic E-state index is 0.107. The Kier molecular flexibility index (Phi) is 12.0. The smallest absolute Gasteiger partial charge is 0.258 e. The summed E-state index contributed by atoms with van der Waals surface area (Å²) in [6.07, 6.45) is 0. The van der Waals surface area contributed by atoms with Crippen LogP contribution in [0, 0.1) is 6.92 Å². The molecule has 248 valence electrons. The van der Waals surface area contributed by atoms with Gasteiger partial charge in [0.15, 0.2) is 0 Å². The third-order valence-electron chi connectivity index (χ3n) is 8.42. The zero-order valence-corrected chi connectivity index (χ0v) is 26.6. The van der Waals surface area contributed by atoms with E-state index in [0.717, 1.165) is 44.8 Å². The molecule has 0 saturated carbocycles. The number of fused-ring (bicyclic) bond motifs is 1. The summed E-state index contributed by atoms with van der Waals surface area (Å²) >= 11 is 0. The van der Waals surface area contributed by atoms with Gasteiger partial charge in [0.2, 0.25) is 0 Å². The standard InChI is InChI=1S/C37H43N3O7/c1-25-30(24-47-33-12-7-27(8-13-33)19-39-32(22-43)23-44)3-2-4-34(25)29-11-14-35-36(17-29)46-16-15-40(35)37(45)28-9-5-26(6-10-28)18-38-31(20-41)21-42/h2-14,17,31-32,38-39,41-44H,15-16,18-24H2,1H3. The normalized spacial score (nSPS) is 12.7. The highest BCUT2D eigenvalue weighted by atomic mass is 16.5. The van der Waals surface area contributed by atoms with E-state index in [0.29, 0.717) is 44.2 Å². The van der Waals surface area contributed by atoms with Crippen LogP contribution in [0.3, 0.4) is 0 Å². The maximum Gasteiger partial charge on any atom is 0.258 e. The van der Waals surface area contributed by atoms with Gasteiger partial charge in [0.25, 0.3) is 5.91 Å². The number of nitrogens with zero attached hydrogens (tertiary/aromatic N) is 1. The minimum atomic E-state index is -0.385. The van der Waals surface area contributed by atoms with Crippen LogP contribution < -0.4 is 25.0 Å². The van der Waals surface area contributed by atoms with Crippen LogP contribution in [0.1, 0.15) is 32.6 Å². The molecule has 4 aromatic carbocycles. The molecule has 0 aliphatic carbocycles. The Bertz CT molecular complexity index is 1600. The van der Waals surface area contributed by atoms with Crippen LogP contribution in [-0.4, -0.2) is 78.0 Å². The molecule has 10 nitrogen and oxygen atoms in total. The first-order valence-corrected chi connectivity index (χ1v) is 15.8. The predicted molar refractivity (Wildman–Crippen MR) is 181 cm³/mol. The second-order valence-corrected chi connectivity index (χ2v) is 11.6. The number of ether oxygens (including phenoxy) is 2. The molecule has 1 aliphatic rings. The van der Waals surface area contributed by atoms with Crippen molar-refractivity contribution >= 4 is 11.6 Å². The molecule has 5 rings (SSSR count). The van der Waals surface area contributed by atoms with Gasteiger partial charge in [-0.15, -0.1) is 0 Å². The average Bonchev–Trinajstić information content (AvgIpc) is 3.12. The van der Waals surface area contributed by atoms with Crippen molar-refractivity contribution in [2.75, 3.05) is 44.5 Å². The Morgan fingerprint density at radius 3 is 2.06 bits per heavy atom. The molecule has 1 amide bonds. The fraction of sp³-hybridized carbons (Fsp3) is 0.324. The molecular weight excluding hydrogens is 598 g/mol. The van der Waals surface area contributed by atoms with Gasteiger partial charge >= 0.3 is 0 Å². The molecule has 0 unspecified atom stereocenters. The summed E-state index contributed by atoms with van der Waals surface area (Å²) in [4.78, 5) is 15.3. The van der Waals surface area contributed by atoms with Gasteiger partial charge in [-0.25, -0.2) is 0 Å². The molecule has 6 N–H and O–H groups in total. The summed E-state index contributed by atoms with van der Waals surface area (Å²) in [7, 11) is 0. The zero-order valence-electron chi connectivity index (χ0n) is 26.6. The summed E-state index contributed by atoms with van der Waals surface area (Å²) < 4.78 is 12.1. The minimum Gasteiger partial charge on any atom is -0.490 e. The molecule has 4 aromatic rings. The molecule has 1 aliphatic heterocycles. The van der Waals surface area contributed by atoms with Gasteiger partial charge < -0.3 is 45.4 Å².